The van der Waals surface area contributed by atoms with Crippen molar-refractivity contribution in [1.29, 1.82) is 0 Å². The van der Waals surface area contributed by atoms with Gasteiger partial charge in [0.1, 0.15) is 0 Å². The highest BCUT2D eigenvalue weighted by Gasteiger charge is 2.30. The third-order valence-corrected chi connectivity index (χ3v) is 3.16. The molecule has 96 valence electrons. The lowest BCUT2D eigenvalue weighted by molar-refractivity contribution is -0.132. The number of carbonyl (C=O) groups excluding carboxylic acids is 1. The normalized spacial score (nSPS) is 16.8. The average Bonchev–Trinajstić information content (AvgIpc) is 2.81. The Morgan fingerprint density at radius 1 is 1.56 bits per heavy atom. The Labute approximate surface area is 107 Å². The molecule has 1 aliphatic rings. The van der Waals surface area contributed by atoms with E-state index in [0.717, 1.165) is 11.3 Å². The number of rotatable bonds is 5. The number of anilines is 1. The molecule has 1 aromatic rings. The van der Waals surface area contributed by atoms with E-state index in [2.05, 4.69) is 11.9 Å². The van der Waals surface area contributed by atoms with Gasteiger partial charge < -0.3 is 15.3 Å². The molecule has 1 aliphatic heterocycles. The molecule has 1 aromatic carbocycles. The monoisotopic (exact) mass is 246 g/mol. The molecule has 0 spiro atoms. The molecule has 0 radical (unpaired) electrons. The van der Waals surface area contributed by atoms with Gasteiger partial charge in [0.2, 0.25) is 5.91 Å². The first-order valence-corrected chi connectivity index (χ1v) is 6.11. The SMILES string of the molecule is C=CCN(CCO)C(=O)C1CNc2ccccc21. The molecule has 0 saturated heterocycles. The van der Waals surface area contributed by atoms with Crippen LogP contribution in [0.5, 0.6) is 0 Å². The molecule has 1 atom stereocenters. The quantitative estimate of drug-likeness (QED) is 0.768. The first-order valence-electron chi connectivity index (χ1n) is 6.11. The van der Waals surface area contributed by atoms with Crippen molar-refractivity contribution in [3.63, 3.8) is 0 Å². The highest BCUT2D eigenvalue weighted by atomic mass is 16.3. The van der Waals surface area contributed by atoms with Gasteiger partial charge in [-0.2, -0.15) is 0 Å². The Morgan fingerprint density at radius 2 is 2.33 bits per heavy atom. The lowest BCUT2D eigenvalue weighted by Gasteiger charge is -2.23. The van der Waals surface area contributed by atoms with E-state index in [1.54, 1.807) is 11.0 Å². The van der Waals surface area contributed by atoms with Crippen LogP contribution in [-0.2, 0) is 4.79 Å². The summed E-state index contributed by atoms with van der Waals surface area (Å²) < 4.78 is 0. The van der Waals surface area contributed by atoms with Gasteiger partial charge in [-0.05, 0) is 11.6 Å². The van der Waals surface area contributed by atoms with Crippen molar-refractivity contribution < 1.29 is 9.90 Å². The van der Waals surface area contributed by atoms with E-state index in [1.807, 2.05) is 24.3 Å². The van der Waals surface area contributed by atoms with E-state index < -0.39 is 0 Å². The second-order valence-corrected chi connectivity index (χ2v) is 4.32. The van der Waals surface area contributed by atoms with E-state index in [9.17, 15) is 4.79 Å². The number of nitrogens with one attached hydrogen (secondary N) is 1. The number of amides is 1. The maximum absolute atomic E-state index is 12.4. The first kappa shape index (κ1) is 12.6. The van der Waals surface area contributed by atoms with Gasteiger partial charge in [0, 0.05) is 25.3 Å². The van der Waals surface area contributed by atoms with Gasteiger partial charge in [-0.3, -0.25) is 4.79 Å². The maximum Gasteiger partial charge on any atom is 0.232 e. The van der Waals surface area contributed by atoms with Crippen molar-refractivity contribution in [1.82, 2.24) is 4.90 Å². The molecule has 0 aliphatic carbocycles. The Hall–Kier alpha value is -1.81. The molecule has 0 aromatic heterocycles. The Kier molecular flexibility index (Phi) is 3.99. The minimum Gasteiger partial charge on any atom is -0.395 e. The van der Waals surface area contributed by atoms with Gasteiger partial charge in [-0.1, -0.05) is 24.3 Å². The average molecular weight is 246 g/mol. The van der Waals surface area contributed by atoms with Crippen LogP contribution in [-0.4, -0.2) is 42.2 Å². The lowest BCUT2D eigenvalue weighted by Crippen LogP contribution is -2.37. The second-order valence-electron chi connectivity index (χ2n) is 4.32. The summed E-state index contributed by atoms with van der Waals surface area (Å²) in [6, 6.07) is 7.85. The number of fused-ring (bicyclic) bond motifs is 1. The van der Waals surface area contributed by atoms with Crippen LogP contribution in [0.25, 0.3) is 0 Å². The van der Waals surface area contributed by atoms with Crippen molar-refractivity contribution in [2.75, 3.05) is 31.6 Å². The lowest BCUT2D eigenvalue weighted by atomic mass is 10.00. The number of nitrogens with zero attached hydrogens (tertiary/aromatic N) is 1. The van der Waals surface area contributed by atoms with Crippen LogP contribution in [0.1, 0.15) is 11.5 Å². The molecule has 4 nitrogen and oxygen atoms in total. The summed E-state index contributed by atoms with van der Waals surface area (Å²) in [7, 11) is 0. The molecular weight excluding hydrogens is 228 g/mol. The van der Waals surface area contributed by atoms with Crippen molar-refractivity contribution >= 4 is 11.6 Å². The van der Waals surface area contributed by atoms with E-state index >= 15 is 0 Å². The first-order chi connectivity index (χ1) is 8.77. The number of aliphatic hydroxyl groups is 1. The molecule has 1 heterocycles. The summed E-state index contributed by atoms with van der Waals surface area (Å²) >= 11 is 0. The van der Waals surface area contributed by atoms with Crippen LogP contribution >= 0.6 is 0 Å². The standard InChI is InChI=1S/C14H18N2O2/c1-2-7-16(8-9-17)14(18)12-10-15-13-6-4-3-5-11(12)13/h2-6,12,15,17H,1,7-10H2. The third kappa shape index (κ3) is 2.38. The number of hydrogen-bond donors (Lipinski definition) is 2. The van der Waals surface area contributed by atoms with Crippen LogP contribution in [0.15, 0.2) is 36.9 Å². The van der Waals surface area contributed by atoms with Crippen molar-refractivity contribution in [2.45, 2.75) is 5.92 Å². The molecule has 0 saturated carbocycles. The zero-order chi connectivity index (χ0) is 13.0. The maximum atomic E-state index is 12.4. The summed E-state index contributed by atoms with van der Waals surface area (Å²) in [5.74, 6) is -0.117. The number of para-hydroxylation sites is 1. The fourth-order valence-corrected chi connectivity index (χ4v) is 2.29. The highest BCUT2D eigenvalue weighted by Crippen LogP contribution is 2.32. The van der Waals surface area contributed by atoms with Crippen molar-refractivity contribution in [2.24, 2.45) is 0 Å². The fourth-order valence-electron chi connectivity index (χ4n) is 2.29. The summed E-state index contributed by atoms with van der Waals surface area (Å²) in [5.41, 5.74) is 2.06. The molecule has 0 fully saturated rings. The molecular formula is C14H18N2O2. The largest absolute Gasteiger partial charge is 0.395 e. The molecule has 2 N–H and O–H groups in total. The van der Waals surface area contributed by atoms with E-state index in [0.29, 0.717) is 19.6 Å². The predicted octanol–water partition coefficient (Wildman–Crippen LogP) is 1.20. The zero-order valence-corrected chi connectivity index (χ0v) is 10.3. The second kappa shape index (κ2) is 5.69. The van der Waals surface area contributed by atoms with Gasteiger partial charge in [0.25, 0.3) is 0 Å². The predicted molar refractivity (Wildman–Crippen MR) is 71.5 cm³/mol. The van der Waals surface area contributed by atoms with Crippen LogP contribution in [0.4, 0.5) is 5.69 Å². The summed E-state index contributed by atoms with van der Waals surface area (Å²) in [5, 5.41) is 12.2. The van der Waals surface area contributed by atoms with Gasteiger partial charge in [-0.25, -0.2) is 0 Å². The molecule has 4 heteroatoms. The van der Waals surface area contributed by atoms with Gasteiger partial charge in [-0.15, -0.1) is 6.58 Å². The molecule has 18 heavy (non-hydrogen) atoms. The molecule has 1 amide bonds. The molecule has 1 unspecified atom stereocenters. The topological polar surface area (TPSA) is 52.6 Å². The van der Waals surface area contributed by atoms with Gasteiger partial charge in [0.05, 0.1) is 12.5 Å². The zero-order valence-electron chi connectivity index (χ0n) is 10.3. The number of carbonyl (C=O) groups is 1. The van der Waals surface area contributed by atoms with E-state index in [1.165, 1.54) is 0 Å². The highest BCUT2D eigenvalue weighted by molar-refractivity contribution is 5.88. The van der Waals surface area contributed by atoms with Crippen molar-refractivity contribution in [3.8, 4) is 0 Å². The fraction of sp³-hybridized carbons (Fsp3) is 0.357. The third-order valence-electron chi connectivity index (χ3n) is 3.16. The summed E-state index contributed by atoms with van der Waals surface area (Å²) in [6.45, 7) is 5.06. The molecule has 0 bridgehead atoms. The Morgan fingerprint density at radius 3 is 3.06 bits per heavy atom. The van der Waals surface area contributed by atoms with Crippen LogP contribution in [0.2, 0.25) is 0 Å². The van der Waals surface area contributed by atoms with Gasteiger partial charge >= 0.3 is 0 Å². The smallest absolute Gasteiger partial charge is 0.232 e. The Balaban J connectivity index is 2.16. The number of aliphatic hydroxyl groups excluding tert-OH is 1. The van der Waals surface area contributed by atoms with E-state index in [-0.39, 0.29) is 18.4 Å². The Bertz CT molecular complexity index is 445. The van der Waals surface area contributed by atoms with Crippen LogP contribution in [0, 0.1) is 0 Å². The number of hydrogen-bond acceptors (Lipinski definition) is 3. The number of benzene rings is 1. The van der Waals surface area contributed by atoms with Crippen LogP contribution < -0.4 is 5.32 Å². The van der Waals surface area contributed by atoms with E-state index in [4.69, 9.17) is 5.11 Å². The van der Waals surface area contributed by atoms with Crippen LogP contribution in [0.3, 0.4) is 0 Å². The van der Waals surface area contributed by atoms with Gasteiger partial charge in [0.15, 0.2) is 0 Å². The molecule has 2 rings (SSSR count). The minimum atomic E-state index is -0.160. The summed E-state index contributed by atoms with van der Waals surface area (Å²) in [6.07, 6.45) is 1.68. The minimum absolute atomic E-state index is 0.0264. The van der Waals surface area contributed by atoms with Crippen molar-refractivity contribution in [3.05, 3.63) is 42.5 Å². The summed E-state index contributed by atoms with van der Waals surface area (Å²) in [4.78, 5) is 14.1.